The van der Waals surface area contributed by atoms with Gasteiger partial charge in [0.25, 0.3) is 0 Å². The van der Waals surface area contributed by atoms with Crippen LogP contribution in [0.4, 0.5) is 0 Å². The molecule has 0 spiro atoms. The fourth-order valence-corrected chi connectivity index (χ4v) is 2.37. The molecule has 0 N–H and O–H groups in total. The van der Waals surface area contributed by atoms with Gasteiger partial charge in [-0.05, 0) is 38.5 Å². The van der Waals surface area contributed by atoms with Crippen molar-refractivity contribution < 1.29 is 14.3 Å². The van der Waals surface area contributed by atoms with Gasteiger partial charge in [0.15, 0.2) is 11.4 Å². The van der Waals surface area contributed by atoms with Gasteiger partial charge in [-0.2, -0.15) is 0 Å². The summed E-state index contributed by atoms with van der Waals surface area (Å²) in [5.41, 5.74) is 1.17. The van der Waals surface area contributed by atoms with Crippen LogP contribution in [0, 0.1) is 6.92 Å². The summed E-state index contributed by atoms with van der Waals surface area (Å²) in [7, 11) is 1.64. The molecule has 1 aliphatic rings. The molecule has 0 fully saturated rings. The van der Waals surface area contributed by atoms with Crippen LogP contribution in [0.5, 0.6) is 11.5 Å². The van der Waals surface area contributed by atoms with E-state index in [1.165, 1.54) is 0 Å². The van der Waals surface area contributed by atoms with Gasteiger partial charge in [0.2, 0.25) is 0 Å². The second kappa shape index (κ2) is 4.72. The first-order valence-electron chi connectivity index (χ1n) is 6.42. The zero-order valence-electron chi connectivity index (χ0n) is 11.9. The van der Waals surface area contributed by atoms with Crippen molar-refractivity contribution >= 4 is 5.78 Å². The molecule has 3 heteroatoms. The third-order valence-corrected chi connectivity index (χ3v) is 3.65. The van der Waals surface area contributed by atoms with Crippen LogP contribution in [0.25, 0.3) is 0 Å². The molecule has 1 unspecified atom stereocenters. The standard InChI is InChI=1S/C16H20O3/c1-6-11-8-15(17)16(3,4)19-14-7-10(2)13(18-5)9-12(11)14/h6-7,9,11H,1,8H2,2-5H3. The monoisotopic (exact) mass is 260 g/mol. The maximum Gasteiger partial charge on any atom is 0.176 e. The molecular formula is C16H20O3. The van der Waals surface area contributed by atoms with E-state index < -0.39 is 5.60 Å². The quantitative estimate of drug-likeness (QED) is 0.764. The molecule has 19 heavy (non-hydrogen) atoms. The summed E-state index contributed by atoms with van der Waals surface area (Å²) in [5, 5.41) is 0. The molecule has 0 amide bonds. The number of methoxy groups -OCH3 is 1. The average Bonchev–Trinajstić information content (AvgIpc) is 2.44. The molecule has 0 saturated heterocycles. The SMILES string of the molecule is C=CC1CC(=O)C(C)(C)Oc2cc(C)c(OC)cc21. The summed E-state index contributed by atoms with van der Waals surface area (Å²) in [6.07, 6.45) is 2.21. The molecule has 1 aromatic carbocycles. The van der Waals surface area contributed by atoms with Gasteiger partial charge >= 0.3 is 0 Å². The summed E-state index contributed by atoms with van der Waals surface area (Å²) < 4.78 is 11.3. The highest BCUT2D eigenvalue weighted by molar-refractivity contribution is 5.88. The summed E-state index contributed by atoms with van der Waals surface area (Å²) in [6.45, 7) is 9.42. The maximum absolute atomic E-state index is 12.2. The largest absolute Gasteiger partial charge is 0.496 e. The normalized spacial score (nSPS) is 21.1. The average molecular weight is 260 g/mol. The van der Waals surface area contributed by atoms with Gasteiger partial charge < -0.3 is 9.47 Å². The first kappa shape index (κ1) is 13.7. The molecule has 1 atom stereocenters. The van der Waals surface area contributed by atoms with Gasteiger partial charge in [0.05, 0.1) is 7.11 Å². The number of ketones is 1. The highest BCUT2D eigenvalue weighted by Crippen LogP contribution is 2.40. The van der Waals surface area contributed by atoms with E-state index >= 15 is 0 Å². The first-order valence-corrected chi connectivity index (χ1v) is 6.42. The second-order valence-electron chi connectivity index (χ2n) is 5.44. The van der Waals surface area contributed by atoms with Gasteiger partial charge in [-0.1, -0.05) is 6.08 Å². The topological polar surface area (TPSA) is 35.5 Å². The predicted octanol–water partition coefficient (Wildman–Crippen LogP) is 3.40. The van der Waals surface area contributed by atoms with E-state index in [9.17, 15) is 4.79 Å². The van der Waals surface area contributed by atoms with Gasteiger partial charge in [-0.25, -0.2) is 0 Å². The predicted molar refractivity (Wildman–Crippen MR) is 75.0 cm³/mol. The smallest absolute Gasteiger partial charge is 0.176 e. The van der Waals surface area contributed by atoms with Gasteiger partial charge in [-0.15, -0.1) is 6.58 Å². The van der Waals surface area contributed by atoms with E-state index in [4.69, 9.17) is 9.47 Å². The Morgan fingerprint density at radius 1 is 1.47 bits per heavy atom. The number of carbonyl (C=O) groups is 1. The minimum Gasteiger partial charge on any atom is -0.496 e. The van der Waals surface area contributed by atoms with Crippen LogP contribution in [0.1, 0.15) is 37.3 Å². The van der Waals surface area contributed by atoms with Crippen LogP contribution in [-0.4, -0.2) is 18.5 Å². The van der Waals surface area contributed by atoms with Crippen LogP contribution in [0.3, 0.4) is 0 Å². The van der Waals surface area contributed by atoms with E-state index in [-0.39, 0.29) is 11.7 Å². The number of aryl methyl sites for hydroxylation is 1. The van der Waals surface area contributed by atoms with Crippen LogP contribution in [0.15, 0.2) is 24.8 Å². The lowest BCUT2D eigenvalue weighted by Gasteiger charge is -2.23. The molecule has 1 aliphatic heterocycles. The van der Waals surface area contributed by atoms with E-state index in [0.29, 0.717) is 6.42 Å². The minimum absolute atomic E-state index is 0.0289. The van der Waals surface area contributed by atoms with Crippen molar-refractivity contribution in [2.45, 2.75) is 38.7 Å². The lowest BCUT2D eigenvalue weighted by molar-refractivity contribution is -0.131. The maximum atomic E-state index is 12.2. The first-order chi connectivity index (χ1) is 8.89. The summed E-state index contributed by atoms with van der Waals surface area (Å²) in [4.78, 5) is 12.2. The van der Waals surface area contributed by atoms with Crippen molar-refractivity contribution in [3.8, 4) is 11.5 Å². The fourth-order valence-electron chi connectivity index (χ4n) is 2.37. The van der Waals surface area contributed by atoms with Crippen LogP contribution in [0.2, 0.25) is 0 Å². The Kier molecular flexibility index (Phi) is 3.40. The number of rotatable bonds is 2. The summed E-state index contributed by atoms with van der Waals surface area (Å²) in [5.74, 6) is 1.62. The molecule has 1 heterocycles. The Bertz CT molecular complexity index is 529. The Morgan fingerprint density at radius 2 is 2.16 bits per heavy atom. The van der Waals surface area contributed by atoms with E-state index in [2.05, 4.69) is 6.58 Å². The number of benzene rings is 1. The van der Waals surface area contributed by atoms with E-state index in [1.54, 1.807) is 13.2 Å². The molecule has 0 aromatic heterocycles. The van der Waals surface area contributed by atoms with Gasteiger partial charge in [0, 0.05) is 17.9 Å². The number of allylic oxidation sites excluding steroid dienone is 1. The third-order valence-electron chi connectivity index (χ3n) is 3.65. The van der Waals surface area contributed by atoms with Crippen molar-refractivity contribution in [2.75, 3.05) is 7.11 Å². The number of hydrogen-bond acceptors (Lipinski definition) is 3. The van der Waals surface area contributed by atoms with Gasteiger partial charge in [0.1, 0.15) is 11.5 Å². The Morgan fingerprint density at radius 3 is 2.74 bits per heavy atom. The lowest BCUT2D eigenvalue weighted by Crippen LogP contribution is -2.37. The highest BCUT2D eigenvalue weighted by atomic mass is 16.5. The molecule has 3 nitrogen and oxygen atoms in total. The Labute approximate surface area is 114 Å². The number of hydrogen-bond donors (Lipinski definition) is 0. The molecule has 0 radical (unpaired) electrons. The Hall–Kier alpha value is -1.77. The van der Waals surface area contributed by atoms with Crippen molar-refractivity contribution in [1.82, 2.24) is 0 Å². The second-order valence-corrected chi connectivity index (χ2v) is 5.44. The molecule has 102 valence electrons. The summed E-state index contributed by atoms with van der Waals surface area (Å²) >= 11 is 0. The van der Waals surface area contributed by atoms with Crippen molar-refractivity contribution in [3.63, 3.8) is 0 Å². The lowest BCUT2D eigenvalue weighted by atomic mass is 9.90. The zero-order valence-corrected chi connectivity index (χ0v) is 11.9. The van der Waals surface area contributed by atoms with E-state index in [0.717, 1.165) is 22.6 Å². The summed E-state index contributed by atoms with van der Waals surface area (Å²) in [6, 6.07) is 3.89. The number of Topliss-reactive ketones (excluding diaryl/α,β-unsaturated/α-hetero) is 1. The molecule has 0 aliphatic carbocycles. The fraction of sp³-hybridized carbons (Fsp3) is 0.438. The third kappa shape index (κ3) is 2.37. The highest BCUT2D eigenvalue weighted by Gasteiger charge is 2.36. The molecule has 1 aromatic rings. The van der Waals surface area contributed by atoms with Crippen LogP contribution >= 0.6 is 0 Å². The number of ether oxygens (including phenoxy) is 2. The van der Waals surface area contributed by atoms with Crippen LogP contribution in [-0.2, 0) is 4.79 Å². The van der Waals surface area contributed by atoms with Crippen molar-refractivity contribution in [3.05, 3.63) is 35.9 Å². The van der Waals surface area contributed by atoms with E-state index in [1.807, 2.05) is 32.9 Å². The van der Waals surface area contributed by atoms with Crippen molar-refractivity contribution in [2.24, 2.45) is 0 Å². The molecule has 0 saturated carbocycles. The number of fused-ring (bicyclic) bond motifs is 1. The van der Waals surface area contributed by atoms with Crippen LogP contribution < -0.4 is 9.47 Å². The molecule has 0 bridgehead atoms. The van der Waals surface area contributed by atoms with Crippen molar-refractivity contribution in [1.29, 1.82) is 0 Å². The Balaban J connectivity index is 2.60. The molecule has 2 rings (SSSR count). The minimum atomic E-state index is -0.798. The zero-order chi connectivity index (χ0) is 14.2. The van der Waals surface area contributed by atoms with Gasteiger partial charge in [-0.3, -0.25) is 4.79 Å². The molecular weight excluding hydrogens is 240 g/mol. The number of carbonyl (C=O) groups excluding carboxylic acids is 1.